The van der Waals surface area contributed by atoms with E-state index in [1.165, 1.54) is 11.3 Å². The highest BCUT2D eigenvalue weighted by atomic mass is 79.9. The number of aliphatic imine (C=N–C) groups is 1. The van der Waals surface area contributed by atoms with Crippen LogP contribution in [0, 0.1) is 0 Å². The van der Waals surface area contributed by atoms with E-state index in [4.69, 9.17) is 21.1 Å². The molecule has 3 rings (SSSR count). The molecule has 0 N–H and O–H groups in total. The Bertz CT molecular complexity index is 868. The van der Waals surface area contributed by atoms with E-state index in [1.807, 2.05) is 41.8 Å². The standard InChI is InChI=1S/C18H14BrClN2O2S/c1-23-16-9-13(10-22-18-21-6-7-25-18)8-15(19)17(16)24-11-12-2-4-14(20)5-3-12/h2-10H,11H2,1H3/b22-10+. The molecule has 0 atom stereocenters. The van der Waals surface area contributed by atoms with Crippen molar-refractivity contribution < 1.29 is 9.47 Å². The third-order valence-electron chi connectivity index (χ3n) is 3.29. The molecule has 1 aromatic heterocycles. The topological polar surface area (TPSA) is 43.7 Å². The van der Waals surface area contributed by atoms with Crippen LogP contribution >= 0.6 is 38.9 Å². The average molecular weight is 438 g/mol. The van der Waals surface area contributed by atoms with Crippen LogP contribution in [0.25, 0.3) is 0 Å². The molecule has 0 saturated heterocycles. The van der Waals surface area contributed by atoms with E-state index in [1.54, 1.807) is 19.5 Å². The Kier molecular flexibility index (Phi) is 6.07. The van der Waals surface area contributed by atoms with Crippen LogP contribution in [0.5, 0.6) is 11.5 Å². The highest BCUT2D eigenvalue weighted by Crippen LogP contribution is 2.37. The second-order valence-corrected chi connectivity index (χ2v) is 7.19. The Labute approximate surface area is 163 Å². The summed E-state index contributed by atoms with van der Waals surface area (Å²) in [7, 11) is 1.61. The Morgan fingerprint density at radius 3 is 2.76 bits per heavy atom. The Hall–Kier alpha value is -1.89. The Morgan fingerprint density at radius 1 is 1.28 bits per heavy atom. The SMILES string of the molecule is COc1cc(/C=N/c2nccs2)cc(Br)c1OCc1ccc(Cl)cc1. The second kappa shape index (κ2) is 8.47. The number of methoxy groups -OCH3 is 1. The van der Waals surface area contributed by atoms with Crippen LogP contribution in [0.1, 0.15) is 11.1 Å². The van der Waals surface area contributed by atoms with Crippen molar-refractivity contribution in [3.8, 4) is 11.5 Å². The third-order valence-corrected chi connectivity index (χ3v) is 4.81. The van der Waals surface area contributed by atoms with Gasteiger partial charge >= 0.3 is 0 Å². The van der Waals surface area contributed by atoms with E-state index < -0.39 is 0 Å². The summed E-state index contributed by atoms with van der Waals surface area (Å²) in [5.74, 6) is 1.27. The minimum Gasteiger partial charge on any atom is -0.493 e. The molecule has 1 heterocycles. The van der Waals surface area contributed by atoms with Gasteiger partial charge in [-0.1, -0.05) is 23.7 Å². The summed E-state index contributed by atoms with van der Waals surface area (Å²) in [5.41, 5.74) is 1.91. The van der Waals surface area contributed by atoms with Crippen LogP contribution in [-0.4, -0.2) is 18.3 Å². The minimum absolute atomic E-state index is 0.415. The molecule has 0 aliphatic carbocycles. The molecular weight excluding hydrogens is 424 g/mol. The molecule has 0 fully saturated rings. The van der Waals surface area contributed by atoms with Crippen LogP contribution in [0.15, 0.2) is 57.4 Å². The fourth-order valence-electron chi connectivity index (χ4n) is 2.10. The lowest BCUT2D eigenvalue weighted by Crippen LogP contribution is -1.99. The number of aromatic nitrogens is 1. The lowest BCUT2D eigenvalue weighted by Gasteiger charge is -2.13. The van der Waals surface area contributed by atoms with Crippen molar-refractivity contribution in [3.63, 3.8) is 0 Å². The van der Waals surface area contributed by atoms with Gasteiger partial charge in [-0.3, -0.25) is 0 Å². The number of nitrogens with zero attached hydrogens (tertiary/aromatic N) is 2. The van der Waals surface area contributed by atoms with Gasteiger partial charge in [0.1, 0.15) is 6.61 Å². The van der Waals surface area contributed by atoms with E-state index in [2.05, 4.69) is 25.9 Å². The zero-order chi connectivity index (χ0) is 17.6. The number of thiazole rings is 1. The smallest absolute Gasteiger partial charge is 0.208 e. The van der Waals surface area contributed by atoms with Gasteiger partial charge in [0.2, 0.25) is 5.13 Å². The molecule has 0 amide bonds. The molecule has 2 aromatic carbocycles. The van der Waals surface area contributed by atoms with Gasteiger partial charge in [-0.15, -0.1) is 11.3 Å². The normalized spacial score (nSPS) is 11.0. The van der Waals surface area contributed by atoms with E-state index in [0.29, 0.717) is 28.3 Å². The first kappa shape index (κ1) is 17.9. The third kappa shape index (κ3) is 4.81. The van der Waals surface area contributed by atoms with Crippen LogP contribution in [0.3, 0.4) is 0 Å². The first-order valence-electron chi connectivity index (χ1n) is 7.34. The van der Waals surface area contributed by atoms with Gasteiger partial charge in [0.05, 0.1) is 11.6 Å². The van der Waals surface area contributed by atoms with E-state index in [0.717, 1.165) is 15.6 Å². The average Bonchev–Trinajstić information content (AvgIpc) is 3.13. The van der Waals surface area contributed by atoms with Crippen molar-refractivity contribution in [2.75, 3.05) is 7.11 Å². The van der Waals surface area contributed by atoms with Crippen LogP contribution < -0.4 is 9.47 Å². The summed E-state index contributed by atoms with van der Waals surface area (Å²) in [5, 5.41) is 3.29. The maximum atomic E-state index is 5.92. The Balaban J connectivity index is 1.78. The molecule has 0 bridgehead atoms. The van der Waals surface area contributed by atoms with Gasteiger partial charge in [0.25, 0.3) is 0 Å². The zero-order valence-corrected chi connectivity index (χ0v) is 16.4. The van der Waals surface area contributed by atoms with Crippen LogP contribution in [-0.2, 0) is 6.61 Å². The molecule has 7 heteroatoms. The molecule has 25 heavy (non-hydrogen) atoms. The van der Waals surface area contributed by atoms with Crippen LogP contribution in [0.4, 0.5) is 5.13 Å². The van der Waals surface area contributed by atoms with Gasteiger partial charge in [-0.25, -0.2) is 9.98 Å². The number of benzene rings is 2. The molecule has 3 aromatic rings. The predicted octanol–water partition coefficient (Wildman–Crippen LogP) is 5.90. The maximum absolute atomic E-state index is 5.92. The fourth-order valence-corrected chi connectivity index (χ4v) is 3.28. The van der Waals surface area contributed by atoms with Crippen LogP contribution in [0.2, 0.25) is 5.02 Å². The molecule has 0 spiro atoms. The quantitative estimate of drug-likeness (QED) is 0.451. The van der Waals surface area contributed by atoms with Crippen molar-refractivity contribution in [3.05, 3.63) is 68.6 Å². The number of hydrogen-bond acceptors (Lipinski definition) is 5. The molecule has 4 nitrogen and oxygen atoms in total. The highest BCUT2D eigenvalue weighted by Gasteiger charge is 2.11. The number of rotatable bonds is 6. The molecular formula is C18H14BrClN2O2S. The van der Waals surface area contributed by atoms with Gasteiger partial charge < -0.3 is 9.47 Å². The van der Waals surface area contributed by atoms with Gasteiger partial charge in [0.15, 0.2) is 11.5 Å². The van der Waals surface area contributed by atoms with Gasteiger partial charge in [-0.2, -0.15) is 0 Å². The molecule has 0 aliphatic rings. The molecule has 0 radical (unpaired) electrons. The number of ether oxygens (including phenoxy) is 2. The van der Waals surface area contributed by atoms with Gasteiger partial charge in [0, 0.05) is 22.8 Å². The summed E-state index contributed by atoms with van der Waals surface area (Å²) < 4.78 is 12.2. The second-order valence-electron chi connectivity index (χ2n) is 5.02. The Morgan fingerprint density at radius 2 is 2.08 bits per heavy atom. The molecule has 0 saturated carbocycles. The van der Waals surface area contributed by atoms with E-state index >= 15 is 0 Å². The summed E-state index contributed by atoms with van der Waals surface area (Å²) in [6.45, 7) is 0.415. The first-order chi connectivity index (χ1) is 12.2. The van der Waals surface area contributed by atoms with E-state index in [-0.39, 0.29) is 0 Å². The summed E-state index contributed by atoms with van der Waals surface area (Å²) in [4.78, 5) is 8.46. The largest absolute Gasteiger partial charge is 0.493 e. The van der Waals surface area contributed by atoms with Gasteiger partial charge in [-0.05, 0) is 51.3 Å². The lowest BCUT2D eigenvalue weighted by molar-refractivity contribution is 0.282. The van der Waals surface area contributed by atoms with E-state index in [9.17, 15) is 0 Å². The minimum atomic E-state index is 0.415. The van der Waals surface area contributed by atoms with Crippen molar-refractivity contribution >= 4 is 50.2 Å². The zero-order valence-electron chi connectivity index (χ0n) is 13.3. The summed E-state index contributed by atoms with van der Waals surface area (Å²) in [6, 6.07) is 11.3. The number of hydrogen-bond donors (Lipinski definition) is 0. The maximum Gasteiger partial charge on any atom is 0.208 e. The summed E-state index contributed by atoms with van der Waals surface area (Å²) in [6.07, 6.45) is 3.47. The fraction of sp³-hybridized carbons (Fsp3) is 0.111. The van der Waals surface area contributed by atoms with Crippen molar-refractivity contribution in [2.45, 2.75) is 6.61 Å². The van der Waals surface area contributed by atoms with Crippen molar-refractivity contribution in [1.29, 1.82) is 0 Å². The first-order valence-corrected chi connectivity index (χ1v) is 9.39. The van der Waals surface area contributed by atoms with Crippen molar-refractivity contribution in [2.24, 2.45) is 4.99 Å². The lowest BCUT2D eigenvalue weighted by atomic mass is 10.2. The summed E-state index contributed by atoms with van der Waals surface area (Å²) >= 11 is 10.9. The molecule has 128 valence electrons. The monoisotopic (exact) mass is 436 g/mol. The predicted molar refractivity (Wildman–Crippen MR) is 106 cm³/mol. The molecule has 0 unspecified atom stereocenters. The van der Waals surface area contributed by atoms with Crippen molar-refractivity contribution in [1.82, 2.24) is 4.98 Å². The number of halogens is 2. The highest BCUT2D eigenvalue weighted by molar-refractivity contribution is 9.10. The molecule has 0 aliphatic heterocycles.